The van der Waals surface area contributed by atoms with Crippen LogP contribution in [0.3, 0.4) is 0 Å². The van der Waals surface area contributed by atoms with Crippen LogP contribution < -0.4 is 10.6 Å². The van der Waals surface area contributed by atoms with Crippen LogP contribution in [0.1, 0.15) is 33.1 Å². The molecule has 1 aromatic heterocycles. The summed E-state index contributed by atoms with van der Waals surface area (Å²) in [6, 6.07) is 1.85. The van der Waals surface area contributed by atoms with Gasteiger partial charge in [-0.05, 0) is 32.3 Å². The molecule has 0 saturated carbocycles. The highest BCUT2D eigenvalue weighted by atomic mass is 16.3. The van der Waals surface area contributed by atoms with Crippen LogP contribution in [-0.4, -0.2) is 34.3 Å². The van der Waals surface area contributed by atoms with Crippen molar-refractivity contribution in [1.29, 1.82) is 0 Å². The normalized spacial score (nSPS) is 12.2. The summed E-state index contributed by atoms with van der Waals surface area (Å²) in [6.45, 7) is 5.60. The van der Waals surface area contributed by atoms with Crippen LogP contribution >= 0.6 is 0 Å². The Morgan fingerprint density at radius 1 is 1.35 bits per heavy atom. The molecular weight excluding hydrogens is 216 g/mol. The van der Waals surface area contributed by atoms with E-state index in [9.17, 15) is 0 Å². The number of nitrogens with zero attached hydrogens (tertiary/aromatic N) is 2. The first kappa shape index (κ1) is 13.7. The van der Waals surface area contributed by atoms with Crippen LogP contribution in [0.25, 0.3) is 0 Å². The maximum Gasteiger partial charge on any atom is 0.224 e. The first-order valence-corrected chi connectivity index (χ1v) is 6.21. The quantitative estimate of drug-likeness (QED) is 0.603. The van der Waals surface area contributed by atoms with E-state index in [1.54, 1.807) is 13.1 Å². The van der Waals surface area contributed by atoms with E-state index in [1.807, 2.05) is 6.07 Å². The van der Waals surface area contributed by atoms with Gasteiger partial charge in [-0.1, -0.05) is 6.92 Å². The first-order chi connectivity index (χ1) is 8.22. The number of nitrogens with one attached hydrogen (secondary N) is 2. The largest absolute Gasteiger partial charge is 0.393 e. The van der Waals surface area contributed by atoms with Crippen LogP contribution in [0.5, 0.6) is 0 Å². The Morgan fingerprint density at radius 3 is 2.88 bits per heavy atom. The standard InChI is InChI=1S/C12H22N4O/c1-3-7-14-12-15-9-6-11(16-12)13-8-4-5-10(2)17/h6,9-10,17H,3-5,7-8H2,1-2H3,(H2,13,14,15,16). The fourth-order valence-corrected chi connectivity index (χ4v) is 1.39. The molecule has 3 N–H and O–H groups in total. The summed E-state index contributed by atoms with van der Waals surface area (Å²) in [7, 11) is 0. The Morgan fingerprint density at radius 2 is 2.18 bits per heavy atom. The number of hydrogen-bond acceptors (Lipinski definition) is 5. The maximum absolute atomic E-state index is 9.13. The van der Waals surface area contributed by atoms with Crippen molar-refractivity contribution < 1.29 is 5.11 Å². The molecule has 0 aromatic carbocycles. The molecule has 0 amide bonds. The summed E-state index contributed by atoms with van der Waals surface area (Å²) >= 11 is 0. The molecule has 5 nitrogen and oxygen atoms in total. The SMILES string of the molecule is CCCNc1nccc(NCCCC(C)O)n1. The Bertz CT molecular complexity index is 317. The lowest BCUT2D eigenvalue weighted by molar-refractivity contribution is 0.183. The number of aliphatic hydroxyl groups is 1. The lowest BCUT2D eigenvalue weighted by Gasteiger charge is -2.08. The third kappa shape index (κ3) is 6.06. The molecule has 96 valence electrons. The first-order valence-electron chi connectivity index (χ1n) is 6.21. The Kier molecular flexibility index (Phi) is 6.32. The Balaban J connectivity index is 2.32. The molecule has 0 spiro atoms. The highest BCUT2D eigenvalue weighted by Gasteiger charge is 1.99. The molecular formula is C12H22N4O. The van der Waals surface area contributed by atoms with Crippen molar-refractivity contribution in [2.45, 2.75) is 39.2 Å². The predicted octanol–water partition coefficient (Wildman–Crippen LogP) is 1.87. The molecule has 1 aromatic rings. The second-order valence-corrected chi connectivity index (χ2v) is 4.11. The van der Waals surface area contributed by atoms with Crippen molar-refractivity contribution in [3.05, 3.63) is 12.3 Å². The lowest BCUT2D eigenvalue weighted by Crippen LogP contribution is -2.09. The lowest BCUT2D eigenvalue weighted by atomic mass is 10.2. The van der Waals surface area contributed by atoms with E-state index >= 15 is 0 Å². The van der Waals surface area contributed by atoms with Crippen LogP contribution in [0, 0.1) is 0 Å². The van der Waals surface area contributed by atoms with Crippen molar-refractivity contribution in [2.75, 3.05) is 23.7 Å². The predicted molar refractivity (Wildman–Crippen MR) is 70.2 cm³/mol. The van der Waals surface area contributed by atoms with Gasteiger partial charge in [0.1, 0.15) is 5.82 Å². The van der Waals surface area contributed by atoms with Crippen molar-refractivity contribution in [3.8, 4) is 0 Å². The van der Waals surface area contributed by atoms with Crippen molar-refractivity contribution in [2.24, 2.45) is 0 Å². The smallest absolute Gasteiger partial charge is 0.224 e. The van der Waals surface area contributed by atoms with Crippen molar-refractivity contribution >= 4 is 11.8 Å². The monoisotopic (exact) mass is 238 g/mol. The fourth-order valence-electron chi connectivity index (χ4n) is 1.39. The van der Waals surface area contributed by atoms with Gasteiger partial charge in [-0.3, -0.25) is 0 Å². The maximum atomic E-state index is 9.13. The van der Waals surface area contributed by atoms with Crippen LogP contribution in [0.15, 0.2) is 12.3 Å². The summed E-state index contributed by atoms with van der Waals surface area (Å²) in [6.07, 6.45) is 4.29. The third-order valence-electron chi connectivity index (χ3n) is 2.29. The molecule has 17 heavy (non-hydrogen) atoms. The van der Waals surface area contributed by atoms with E-state index in [0.717, 1.165) is 38.2 Å². The van der Waals surface area contributed by atoms with Gasteiger partial charge in [-0.15, -0.1) is 0 Å². The zero-order valence-corrected chi connectivity index (χ0v) is 10.6. The van der Waals surface area contributed by atoms with E-state index in [-0.39, 0.29) is 6.10 Å². The summed E-state index contributed by atoms with van der Waals surface area (Å²) < 4.78 is 0. The molecule has 1 unspecified atom stereocenters. The van der Waals surface area contributed by atoms with Gasteiger partial charge in [-0.25, -0.2) is 4.98 Å². The van der Waals surface area contributed by atoms with Gasteiger partial charge in [0.15, 0.2) is 0 Å². The Labute approximate surface area is 103 Å². The average molecular weight is 238 g/mol. The van der Waals surface area contributed by atoms with E-state index in [1.165, 1.54) is 0 Å². The second kappa shape index (κ2) is 7.84. The van der Waals surface area contributed by atoms with Gasteiger partial charge in [0.05, 0.1) is 6.10 Å². The van der Waals surface area contributed by atoms with Gasteiger partial charge >= 0.3 is 0 Å². The van der Waals surface area contributed by atoms with Gasteiger partial charge in [0, 0.05) is 19.3 Å². The summed E-state index contributed by atoms with van der Waals surface area (Å²) in [5, 5.41) is 15.5. The minimum absolute atomic E-state index is 0.232. The third-order valence-corrected chi connectivity index (χ3v) is 2.29. The van der Waals surface area contributed by atoms with Crippen LogP contribution in [0.4, 0.5) is 11.8 Å². The van der Waals surface area contributed by atoms with Gasteiger partial charge in [0.25, 0.3) is 0 Å². The molecule has 0 radical (unpaired) electrons. The second-order valence-electron chi connectivity index (χ2n) is 4.11. The number of aromatic nitrogens is 2. The highest BCUT2D eigenvalue weighted by molar-refractivity contribution is 5.39. The van der Waals surface area contributed by atoms with Crippen LogP contribution in [-0.2, 0) is 0 Å². The Hall–Kier alpha value is -1.36. The van der Waals surface area contributed by atoms with Gasteiger partial charge in [0.2, 0.25) is 5.95 Å². The molecule has 0 aliphatic rings. The highest BCUT2D eigenvalue weighted by Crippen LogP contribution is 2.06. The fraction of sp³-hybridized carbons (Fsp3) is 0.667. The number of aliphatic hydroxyl groups excluding tert-OH is 1. The molecule has 0 bridgehead atoms. The van der Waals surface area contributed by atoms with E-state index < -0.39 is 0 Å². The molecule has 0 aliphatic carbocycles. The van der Waals surface area contributed by atoms with Crippen molar-refractivity contribution in [3.63, 3.8) is 0 Å². The summed E-state index contributed by atoms with van der Waals surface area (Å²) in [5.74, 6) is 1.48. The zero-order valence-electron chi connectivity index (χ0n) is 10.6. The van der Waals surface area contributed by atoms with Crippen molar-refractivity contribution in [1.82, 2.24) is 9.97 Å². The molecule has 0 saturated heterocycles. The van der Waals surface area contributed by atoms with E-state index in [4.69, 9.17) is 5.11 Å². The molecule has 5 heteroatoms. The van der Waals surface area contributed by atoms with E-state index in [2.05, 4.69) is 27.5 Å². The van der Waals surface area contributed by atoms with Gasteiger partial charge in [-0.2, -0.15) is 4.98 Å². The van der Waals surface area contributed by atoms with E-state index in [0.29, 0.717) is 5.95 Å². The number of anilines is 2. The topological polar surface area (TPSA) is 70.1 Å². The molecule has 1 heterocycles. The summed E-state index contributed by atoms with van der Waals surface area (Å²) in [5.41, 5.74) is 0. The van der Waals surface area contributed by atoms with Crippen LogP contribution in [0.2, 0.25) is 0 Å². The van der Waals surface area contributed by atoms with Gasteiger partial charge < -0.3 is 15.7 Å². The number of hydrogen-bond donors (Lipinski definition) is 3. The molecule has 0 aliphatic heterocycles. The minimum Gasteiger partial charge on any atom is -0.393 e. The molecule has 1 atom stereocenters. The number of rotatable bonds is 8. The molecule has 1 rings (SSSR count). The minimum atomic E-state index is -0.232. The zero-order chi connectivity index (χ0) is 12.5. The molecule has 0 fully saturated rings. The average Bonchev–Trinajstić information content (AvgIpc) is 2.32. The summed E-state index contributed by atoms with van der Waals surface area (Å²) in [4.78, 5) is 8.46.